The second-order valence-electron chi connectivity index (χ2n) is 10.1. The van der Waals surface area contributed by atoms with Gasteiger partial charge in [0.15, 0.2) is 0 Å². The minimum Gasteiger partial charge on any atom is -0.383 e. The zero-order valence-corrected chi connectivity index (χ0v) is 20.3. The summed E-state index contributed by atoms with van der Waals surface area (Å²) in [6.07, 6.45) is 3.36. The highest BCUT2D eigenvalue weighted by Gasteiger charge is 2.61. The van der Waals surface area contributed by atoms with E-state index in [2.05, 4.69) is 24.5 Å². The van der Waals surface area contributed by atoms with Gasteiger partial charge in [-0.05, 0) is 43.4 Å². The summed E-state index contributed by atoms with van der Waals surface area (Å²) < 4.78 is 13.3. The van der Waals surface area contributed by atoms with Crippen molar-refractivity contribution in [3.05, 3.63) is 35.0 Å². The van der Waals surface area contributed by atoms with Gasteiger partial charge in [0, 0.05) is 39.3 Å². The van der Waals surface area contributed by atoms with Crippen molar-refractivity contribution in [3.63, 3.8) is 0 Å². The van der Waals surface area contributed by atoms with Crippen LogP contribution in [-0.2, 0) is 16.2 Å². The quantitative estimate of drug-likeness (QED) is 0.368. The van der Waals surface area contributed by atoms with Crippen molar-refractivity contribution in [2.24, 2.45) is 5.92 Å². The summed E-state index contributed by atoms with van der Waals surface area (Å²) in [7, 11) is 0.510. The molecule has 0 atom stereocenters. The molecule has 1 amide bonds. The first kappa shape index (κ1) is 21.9. The Kier molecular flexibility index (Phi) is 6.05. The van der Waals surface area contributed by atoms with Gasteiger partial charge in [-0.15, -0.1) is 0 Å². The maximum atomic E-state index is 13.8. The molecule has 0 radical (unpaired) electrons. The molecule has 3 aliphatic rings. The van der Waals surface area contributed by atoms with E-state index in [-0.39, 0.29) is 11.4 Å². The van der Waals surface area contributed by atoms with Crippen LogP contribution in [0.1, 0.15) is 29.8 Å². The average Bonchev–Trinajstić information content (AvgIpc) is 2.98. The molecule has 5 nitrogen and oxygen atoms in total. The van der Waals surface area contributed by atoms with E-state index in [1.54, 1.807) is 7.11 Å². The Bertz CT molecular complexity index is 919. The first-order valence-electron chi connectivity index (χ1n) is 10.9. The molecular formula is C23H33ClN2O3Si. The van der Waals surface area contributed by atoms with Gasteiger partial charge < -0.3 is 18.9 Å². The minimum absolute atomic E-state index is 0.0318. The predicted molar refractivity (Wildman–Crippen MR) is 124 cm³/mol. The van der Waals surface area contributed by atoms with E-state index in [0.29, 0.717) is 37.2 Å². The Labute approximate surface area is 185 Å². The summed E-state index contributed by atoms with van der Waals surface area (Å²) in [5.74, 6) is 0.860. The highest BCUT2D eigenvalue weighted by atomic mass is 35.5. The molecule has 1 heterocycles. The standard InChI is InChI=1S/C23H33ClN2O3Si/c1-28-9-8-26(23-13-17(14-23)15-23)22(27)20-12-18-6-5-7-19(24)21(18)25(20)16-29-10-11-30(2,3)4/h5-7,12,17H,8-11,13-16H2,1-4H3. The van der Waals surface area contributed by atoms with Crippen molar-refractivity contribution in [2.45, 2.75) is 57.2 Å². The van der Waals surface area contributed by atoms with Crippen LogP contribution in [0.4, 0.5) is 0 Å². The molecule has 0 aliphatic heterocycles. The number of ether oxygens (including phenoxy) is 2. The molecule has 0 spiro atoms. The lowest BCUT2D eigenvalue weighted by Gasteiger charge is -2.66. The predicted octanol–water partition coefficient (Wildman–Crippen LogP) is 5.25. The van der Waals surface area contributed by atoms with E-state index in [4.69, 9.17) is 21.1 Å². The lowest BCUT2D eigenvalue weighted by atomic mass is 9.49. The van der Waals surface area contributed by atoms with Gasteiger partial charge in [-0.1, -0.05) is 43.4 Å². The van der Waals surface area contributed by atoms with Crippen LogP contribution in [0.25, 0.3) is 10.9 Å². The first-order chi connectivity index (χ1) is 14.2. The SMILES string of the molecule is COCCN(C(=O)c1cc2cccc(Cl)c2n1COCC[Si](C)(C)C)C12CC(C1)C2. The highest BCUT2D eigenvalue weighted by Crippen LogP contribution is 2.60. The van der Waals surface area contributed by atoms with Crippen LogP contribution >= 0.6 is 11.6 Å². The largest absolute Gasteiger partial charge is 0.383 e. The molecule has 3 aliphatic carbocycles. The van der Waals surface area contributed by atoms with Crippen molar-refractivity contribution in [2.75, 3.05) is 26.9 Å². The number of carbonyl (C=O) groups excluding carboxylic acids is 1. The molecule has 3 saturated carbocycles. The van der Waals surface area contributed by atoms with Crippen molar-refractivity contribution in [1.29, 1.82) is 0 Å². The molecular weight excluding hydrogens is 416 g/mol. The third-order valence-electron chi connectivity index (χ3n) is 6.65. The van der Waals surface area contributed by atoms with E-state index < -0.39 is 8.07 Å². The molecule has 3 fully saturated rings. The zero-order chi connectivity index (χ0) is 21.5. The van der Waals surface area contributed by atoms with Crippen LogP contribution in [-0.4, -0.2) is 55.9 Å². The maximum Gasteiger partial charge on any atom is 0.271 e. The topological polar surface area (TPSA) is 43.7 Å². The Morgan fingerprint density at radius 2 is 2.00 bits per heavy atom. The Balaban J connectivity index is 1.63. The van der Waals surface area contributed by atoms with Crippen LogP contribution in [0.3, 0.4) is 0 Å². The molecule has 30 heavy (non-hydrogen) atoms. The fourth-order valence-corrected chi connectivity index (χ4v) is 5.80. The first-order valence-corrected chi connectivity index (χ1v) is 15.0. The van der Waals surface area contributed by atoms with Gasteiger partial charge in [0.25, 0.3) is 5.91 Å². The number of benzene rings is 1. The number of carbonyl (C=O) groups is 1. The normalized spacial score (nSPS) is 22.6. The number of methoxy groups -OCH3 is 1. The lowest BCUT2D eigenvalue weighted by molar-refractivity contribution is -0.128. The molecule has 164 valence electrons. The molecule has 2 aromatic rings. The molecule has 0 unspecified atom stereocenters. The van der Waals surface area contributed by atoms with Crippen LogP contribution < -0.4 is 0 Å². The molecule has 1 aromatic heterocycles. The van der Waals surface area contributed by atoms with E-state index in [1.165, 1.54) is 0 Å². The van der Waals surface area contributed by atoms with Crippen LogP contribution in [0.5, 0.6) is 0 Å². The fraction of sp³-hybridized carbons (Fsp3) is 0.609. The van der Waals surface area contributed by atoms with Crippen LogP contribution in [0, 0.1) is 5.92 Å². The third-order valence-corrected chi connectivity index (χ3v) is 8.66. The number of amides is 1. The lowest BCUT2D eigenvalue weighted by Crippen LogP contribution is -2.70. The Morgan fingerprint density at radius 1 is 1.27 bits per heavy atom. The van der Waals surface area contributed by atoms with E-state index in [0.717, 1.165) is 42.1 Å². The van der Waals surface area contributed by atoms with Crippen molar-refractivity contribution >= 4 is 36.5 Å². The summed E-state index contributed by atoms with van der Waals surface area (Å²) in [6.45, 7) is 9.22. The highest BCUT2D eigenvalue weighted by molar-refractivity contribution is 6.76. The monoisotopic (exact) mass is 448 g/mol. The van der Waals surface area contributed by atoms with Crippen LogP contribution in [0.15, 0.2) is 24.3 Å². The van der Waals surface area contributed by atoms with E-state index >= 15 is 0 Å². The summed E-state index contributed by atoms with van der Waals surface area (Å²) in [6, 6.07) is 8.88. The maximum absolute atomic E-state index is 13.8. The zero-order valence-electron chi connectivity index (χ0n) is 18.5. The minimum atomic E-state index is -1.18. The van der Waals surface area contributed by atoms with E-state index in [9.17, 15) is 4.79 Å². The number of halogens is 1. The van der Waals surface area contributed by atoms with Gasteiger partial charge in [0.1, 0.15) is 12.4 Å². The van der Waals surface area contributed by atoms with Crippen molar-refractivity contribution < 1.29 is 14.3 Å². The molecule has 5 rings (SSSR count). The van der Waals surface area contributed by atoms with Gasteiger partial charge in [-0.2, -0.15) is 0 Å². The second-order valence-corrected chi connectivity index (χ2v) is 16.2. The van der Waals surface area contributed by atoms with Gasteiger partial charge in [0.2, 0.25) is 0 Å². The fourth-order valence-electron chi connectivity index (χ4n) is 4.76. The van der Waals surface area contributed by atoms with E-state index in [1.807, 2.05) is 28.8 Å². The van der Waals surface area contributed by atoms with Crippen LogP contribution in [0.2, 0.25) is 30.7 Å². The second kappa shape index (κ2) is 8.30. The number of nitrogens with zero attached hydrogens (tertiary/aromatic N) is 2. The van der Waals surface area contributed by atoms with Gasteiger partial charge in [-0.25, -0.2) is 0 Å². The Hall–Kier alpha value is -1.34. The van der Waals surface area contributed by atoms with Gasteiger partial charge in [-0.3, -0.25) is 4.79 Å². The number of aromatic nitrogens is 1. The molecule has 2 bridgehead atoms. The van der Waals surface area contributed by atoms with Crippen molar-refractivity contribution in [1.82, 2.24) is 9.47 Å². The number of fused-ring (bicyclic) bond motifs is 1. The number of rotatable bonds is 10. The Morgan fingerprint density at radius 3 is 2.60 bits per heavy atom. The third kappa shape index (κ3) is 4.07. The smallest absolute Gasteiger partial charge is 0.271 e. The van der Waals surface area contributed by atoms with Gasteiger partial charge >= 0.3 is 0 Å². The summed E-state index contributed by atoms with van der Waals surface area (Å²) >= 11 is 6.55. The molecule has 7 heteroatoms. The number of hydrogen-bond acceptors (Lipinski definition) is 3. The molecule has 0 saturated heterocycles. The van der Waals surface area contributed by atoms with Gasteiger partial charge in [0.05, 0.1) is 17.1 Å². The summed E-state index contributed by atoms with van der Waals surface area (Å²) in [5.41, 5.74) is 1.57. The number of para-hydroxylation sites is 1. The average molecular weight is 449 g/mol. The summed E-state index contributed by atoms with van der Waals surface area (Å²) in [5, 5.41) is 1.62. The molecule has 1 aromatic carbocycles. The number of hydrogen-bond donors (Lipinski definition) is 0. The summed E-state index contributed by atoms with van der Waals surface area (Å²) in [4.78, 5) is 15.8. The van der Waals surface area contributed by atoms with Crippen molar-refractivity contribution in [3.8, 4) is 0 Å². The molecule has 0 N–H and O–H groups in total.